The summed E-state index contributed by atoms with van der Waals surface area (Å²) in [7, 11) is 0. The lowest BCUT2D eigenvalue weighted by Gasteiger charge is -2.13. The van der Waals surface area contributed by atoms with Crippen molar-refractivity contribution in [2.45, 2.75) is 32.7 Å². The second-order valence-electron chi connectivity index (χ2n) is 7.37. The fourth-order valence-electron chi connectivity index (χ4n) is 3.03. The normalized spacial score (nSPS) is 11.6. The molecule has 2 aromatic carbocycles. The molecule has 0 aliphatic carbocycles. The molecule has 1 aromatic heterocycles. The van der Waals surface area contributed by atoms with E-state index in [1.807, 2.05) is 5.32 Å². The van der Waals surface area contributed by atoms with Gasteiger partial charge in [-0.15, -0.1) is 0 Å². The van der Waals surface area contributed by atoms with Crippen LogP contribution in [0.5, 0.6) is 0 Å². The van der Waals surface area contributed by atoms with E-state index in [-0.39, 0.29) is 18.5 Å². The van der Waals surface area contributed by atoms with E-state index < -0.39 is 46.5 Å². The van der Waals surface area contributed by atoms with Gasteiger partial charge in [-0.25, -0.2) is 4.79 Å². The molecule has 0 saturated carbocycles. The number of carbonyl (C=O) groups excluding carboxylic acids is 2. The van der Waals surface area contributed by atoms with Crippen molar-refractivity contribution in [3.05, 3.63) is 69.5 Å². The molecule has 180 valence electrons. The van der Waals surface area contributed by atoms with Gasteiger partial charge in [-0.3, -0.25) is 14.9 Å². The molecule has 1 heterocycles. The molecule has 0 aliphatic rings. The number of furan rings is 1. The number of hydrogen-bond donors (Lipinski definition) is 1. The highest BCUT2D eigenvalue weighted by atomic mass is 19.4. The van der Waals surface area contributed by atoms with Crippen molar-refractivity contribution in [3.63, 3.8) is 0 Å². The van der Waals surface area contributed by atoms with Gasteiger partial charge < -0.3 is 19.2 Å². The van der Waals surface area contributed by atoms with Gasteiger partial charge in [-0.2, -0.15) is 13.2 Å². The number of halogens is 3. The number of non-ortho nitro benzene ring substituents is 1. The molecule has 12 heteroatoms. The number of amides is 1. The summed E-state index contributed by atoms with van der Waals surface area (Å²) in [5.74, 6) is -2.28. The standard InChI is InChI=1S/C22H19F3N2O7/c1-12(2)32-10-15-14-5-3-4-6-18(14)34-20(15)21(29)33-11-19(28)26-17-8-7-13(27(30)31)9-16(17)22(23,24)25/h3-9,12H,10-11H2,1-2H3,(H,26,28). The Labute approximate surface area is 190 Å². The summed E-state index contributed by atoms with van der Waals surface area (Å²) in [6.07, 6.45) is -5.11. The Bertz CT molecular complexity index is 1230. The van der Waals surface area contributed by atoms with Crippen molar-refractivity contribution >= 4 is 34.2 Å². The molecule has 3 aromatic rings. The highest BCUT2D eigenvalue weighted by molar-refractivity contribution is 5.98. The third-order valence-corrected chi connectivity index (χ3v) is 4.57. The minimum absolute atomic E-state index is 0.0308. The van der Waals surface area contributed by atoms with E-state index in [4.69, 9.17) is 13.9 Å². The Morgan fingerprint density at radius 3 is 2.53 bits per heavy atom. The monoisotopic (exact) mass is 480 g/mol. The molecule has 9 nitrogen and oxygen atoms in total. The molecule has 0 fully saturated rings. The number of para-hydroxylation sites is 1. The molecule has 0 radical (unpaired) electrons. The van der Waals surface area contributed by atoms with Crippen LogP contribution in [0, 0.1) is 10.1 Å². The molecular weight excluding hydrogens is 461 g/mol. The van der Waals surface area contributed by atoms with E-state index in [1.165, 1.54) is 0 Å². The van der Waals surface area contributed by atoms with Crippen LogP contribution in [0.3, 0.4) is 0 Å². The van der Waals surface area contributed by atoms with Crippen LogP contribution >= 0.6 is 0 Å². The van der Waals surface area contributed by atoms with Crippen LogP contribution in [-0.2, 0) is 27.1 Å². The Hall–Kier alpha value is -3.93. The van der Waals surface area contributed by atoms with Crippen molar-refractivity contribution in [2.75, 3.05) is 11.9 Å². The van der Waals surface area contributed by atoms with Gasteiger partial charge in [0.25, 0.3) is 11.6 Å². The summed E-state index contributed by atoms with van der Waals surface area (Å²) in [5.41, 5.74) is -2.12. The number of carbonyl (C=O) groups is 2. The molecule has 3 rings (SSSR count). The van der Waals surface area contributed by atoms with E-state index in [1.54, 1.807) is 38.1 Å². The molecule has 0 bridgehead atoms. The van der Waals surface area contributed by atoms with Gasteiger partial charge >= 0.3 is 12.1 Å². The average molecular weight is 480 g/mol. The Kier molecular flexibility index (Phi) is 7.20. The molecule has 0 spiro atoms. The fraction of sp³-hybridized carbons (Fsp3) is 0.273. The van der Waals surface area contributed by atoms with E-state index in [0.29, 0.717) is 22.6 Å². The highest BCUT2D eigenvalue weighted by Crippen LogP contribution is 2.37. The minimum atomic E-state index is -4.97. The van der Waals surface area contributed by atoms with Crippen LogP contribution in [0.25, 0.3) is 11.0 Å². The first-order valence-electron chi connectivity index (χ1n) is 9.92. The highest BCUT2D eigenvalue weighted by Gasteiger charge is 2.35. The number of anilines is 1. The molecule has 1 N–H and O–H groups in total. The number of ether oxygens (including phenoxy) is 2. The third-order valence-electron chi connectivity index (χ3n) is 4.57. The summed E-state index contributed by atoms with van der Waals surface area (Å²) in [4.78, 5) is 34.5. The lowest BCUT2D eigenvalue weighted by molar-refractivity contribution is -0.385. The maximum Gasteiger partial charge on any atom is 0.418 e. The van der Waals surface area contributed by atoms with Crippen LogP contribution in [0.2, 0.25) is 0 Å². The zero-order chi connectivity index (χ0) is 25.0. The van der Waals surface area contributed by atoms with Crippen LogP contribution < -0.4 is 5.32 Å². The van der Waals surface area contributed by atoms with Crippen molar-refractivity contribution in [1.82, 2.24) is 0 Å². The third kappa shape index (κ3) is 5.70. The van der Waals surface area contributed by atoms with Crippen molar-refractivity contribution in [2.24, 2.45) is 0 Å². The Balaban J connectivity index is 1.75. The fourth-order valence-corrected chi connectivity index (χ4v) is 3.03. The number of alkyl halides is 3. The van der Waals surface area contributed by atoms with Crippen molar-refractivity contribution in [3.8, 4) is 0 Å². The van der Waals surface area contributed by atoms with Gasteiger partial charge in [0.05, 0.1) is 28.9 Å². The SMILES string of the molecule is CC(C)OCc1c(C(=O)OCC(=O)Nc2ccc([N+](=O)[O-])cc2C(F)(F)F)oc2ccccc12. The van der Waals surface area contributed by atoms with Crippen molar-refractivity contribution in [1.29, 1.82) is 0 Å². The van der Waals surface area contributed by atoms with Gasteiger partial charge in [-0.1, -0.05) is 18.2 Å². The van der Waals surface area contributed by atoms with Gasteiger partial charge in [0, 0.05) is 23.1 Å². The second-order valence-corrected chi connectivity index (χ2v) is 7.37. The largest absolute Gasteiger partial charge is 0.450 e. The summed E-state index contributed by atoms with van der Waals surface area (Å²) in [6.45, 7) is 2.72. The molecular formula is C22H19F3N2O7. The minimum Gasteiger partial charge on any atom is -0.450 e. The number of nitrogens with one attached hydrogen (secondary N) is 1. The van der Waals surface area contributed by atoms with Crippen LogP contribution in [0.15, 0.2) is 46.9 Å². The quantitative estimate of drug-likeness (QED) is 0.271. The molecule has 0 aliphatic heterocycles. The lowest BCUT2D eigenvalue weighted by Crippen LogP contribution is -2.23. The number of nitro groups is 1. The number of fused-ring (bicyclic) bond motifs is 1. The average Bonchev–Trinajstić information content (AvgIpc) is 3.14. The molecule has 0 atom stereocenters. The zero-order valence-electron chi connectivity index (χ0n) is 18.0. The maximum absolute atomic E-state index is 13.3. The first kappa shape index (κ1) is 24.7. The number of esters is 1. The summed E-state index contributed by atoms with van der Waals surface area (Å²) >= 11 is 0. The van der Waals surface area contributed by atoms with E-state index in [0.717, 1.165) is 12.1 Å². The smallest absolute Gasteiger partial charge is 0.418 e. The van der Waals surface area contributed by atoms with Crippen molar-refractivity contribution < 1.29 is 41.6 Å². The number of nitro benzene ring substituents is 1. The van der Waals surface area contributed by atoms with E-state index in [2.05, 4.69) is 0 Å². The zero-order valence-corrected chi connectivity index (χ0v) is 18.0. The van der Waals surface area contributed by atoms with E-state index in [9.17, 15) is 32.9 Å². The predicted molar refractivity (Wildman–Crippen MR) is 113 cm³/mol. The maximum atomic E-state index is 13.3. The first-order valence-corrected chi connectivity index (χ1v) is 9.92. The molecule has 0 unspecified atom stereocenters. The number of hydrogen-bond acceptors (Lipinski definition) is 7. The predicted octanol–water partition coefficient (Wildman–Crippen LogP) is 5.08. The lowest BCUT2D eigenvalue weighted by atomic mass is 10.1. The summed E-state index contributed by atoms with van der Waals surface area (Å²) in [5, 5.41) is 13.3. The summed E-state index contributed by atoms with van der Waals surface area (Å²) in [6, 6.07) is 8.65. The Morgan fingerprint density at radius 2 is 1.88 bits per heavy atom. The summed E-state index contributed by atoms with van der Waals surface area (Å²) < 4.78 is 55.8. The molecule has 1 amide bonds. The first-order chi connectivity index (χ1) is 16.0. The van der Waals surface area contributed by atoms with Crippen LogP contribution in [-0.4, -0.2) is 29.5 Å². The van der Waals surface area contributed by atoms with Gasteiger partial charge in [0.2, 0.25) is 5.76 Å². The molecule has 34 heavy (non-hydrogen) atoms. The number of nitrogens with zero attached hydrogens (tertiary/aromatic N) is 1. The van der Waals surface area contributed by atoms with E-state index >= 15 is 0 Å². The second kappa shape index (κ2) is 9.91. The van der Waals surface area contributed by atoms with Gasteiger partial charge in [-0.05, 0) is 26.0 Å². The Morgan fingerprint density at radius 1 is 1.18 bits per heavy atom. The number of benzene rings is 2. The molecule has 0 saturated heterocycles. The van der Waals surface area contributed by atoms with Gasteiger partial charge in [0.15, 0.2) is 6.61 Å². The van der Waals surface area contributed by atoms with Gasteiger partial charge in [0.1, 0.15) is 5.58 Å². The topological polar surface area (TPSA) is 121 Å². The van der Waals surface area contributed by atoms with Crippen LogP contribution in [0.1, 0.15) is 35.5 Å². The van der Waals surface area contributed by atoms with Crippen LogP contribution in [0.4, 0.5) is 24.5 Å². The number of rotatable bonds is 8.